The third-order valence-corrected chi connectivity index (χ3v) is 2.53. The van der Waals surface area contributed by atoms with Crippen LogP contribution in [-0.2, 0) is 13.0 Å². The molecular formula is C7H11N3OS. The standard InChI is InChI=1S/C7H11N3OS/c8-4-7-9-5-6(12-7)2-1-3-10-11/h5H,1-4,8H2. The number of aryl methyl sites for hydroxylation is 1. The van der Waals surface area contributed by atoms with Gasteiger partial charge < -0.3 is 5.73 Å². The highest BCUT2D eigenvalue weighted by Gasteiger charge is 1.99. The fourth-order valence-corrected chi connectivity index (χ4v) is 1.72. The van der Waals surface area contributed by atoms with Gasteiger partial charge in [0.2, 0.25) is 0 Å². The molecule has 0 saturated carbocycles. The highest BCUT2D eigenvalue weighted by Crippen LogP contribution is 2.13. The van der Waals surface area contributed by atoms with Gasteiger partial charge >= 0.3 is 0 Å². The van der Waals surface area contributed by atoms with Crippen molar-refractivity contribution in [2.24, 2.45) is 10.9 Å². The second-order valence-electron chi connectivity index (χ2n) is 2.38. The van der Waals surface area contributed by atoms with Crippen LogP contribution in [0.25, 0.3) is 0 Å². The highest BCUT2D eigenvalue weighted by molar-refractivity contribution is 7.11. The van der Waals surface area contributed by atoms with Crippen LogP contribution in [0.3, 0.4) is 0 Å². The molecule has 0 radical (unpaired) electrons. The van der Waals surface area contributed by atoms with Crippen molar-refractivity contribution in [3.05, 3.63) is 21.0 Å². The second kappa shape index (κ2) is 4.95. The molecule has 0 bridgehead atoms. The van der Waals surface area contributed by atoms with Crippen molar-refractivity contribution in [2.45, 2.75) is 19.4 Å². The molecule has 1 heterocycles. The molecule has 0 aliphatic carbocycles. The summed E-state index contributed by atoms with van der Waals surface area (Å²) in [6.45, 7) is 0.881. The van der Waals surface area contributed by atoms with Crippen LogP contribution in [0.4, 0.5) is 0 Å². The number of hydrogen-bond acceptors (Lipinski definition) is 5. The first kappa shape index (κ1) is 9.28. The number of thiazole rings is 1. The minimum atomic E-state index is 0.385. The van der Waals surface area contributed by atoms with E-state index in [-0.39, 0.29) is 0 Å². The van der Waals surface area contributed by atoms with Gasteiger partial charge in [0.05, 0.1) is 6.54 Å². The van der Waals surface area contributed by atoms with E-state index in [1.807, 2.05) is 6.20 Å². The van der Waals surface area contributed by atoms with Crippen molar-refractivity contribution >= 4 is 11.3 Å². The summed E-state index contributed by atoms with van der Waals surface area (Å²) in [6.07, 6.45) is 3.50. The number of rotatable bonds is 5. The molecule has 0 aromatic carbocycles. The van der Waals surface area contributed by atoms with Crippen molar-refractivity contribution in [2.75, 3.05) is 6.54 Å². The Labute approximate surface area is 74.8 Å². The van der Waals surface area contributed by atoms with E-state index in [1.165, 1.54) is 4.88 Å². The van der Waals surface area contributed by atoms with E-state index in [0.717, 1.165) is 17.8 Å². The van der Waals surface area contributed by atoms with Crippen LogP contribution in [-0.4, -0.2) is 11.5 Å². The number of nitrogens with zero attached hydrogens (tertiary/aromatic N) is 2. The highest BCUT2D eigenvalue weighted by atomic mass is 32.1. The summed E-state index contributed by atoms with van der Waals surface area (Å²) in [4.78, 5) is 15.1. The maximum absolute atomic E-state index is 9.77. The normalized spacial score (nSPS) is 10.1. The van der Waals surface area contributed by atoms with Gasteiger partial charge in [-0.2, -0.15) is 4.91 Å². The van der Waals surface area contributed by atoms with Crippen LogP contribution in [0.1, 0.15) is 16.3 Å². The molecule has 66 valence electrons. The molecule has 1 rings (SSSR count). The zero-order chi connectivity index (χ0) is 8.81. The Balaban J connectivity index is 2.36. The predicted octanol–water partition coefficient (Wildman–Crippen LogP) is 1.30. The predicted molar refractivity (Wildman–Crippen MR) is 49.0 cm³/mol. The Bertz CT molecular complexity index is 249. The van der Waals surface area contributed by atoms with Crippen molar-refractivity contribution < 1.29 is 0 Å². The van der Waals surface area contributed by atoms with Crippen LogP contribution < -0.4 is 5.73 Å². The molecular weight excluding hydrogens is 174 g/mol. The zero-order valence-corrected chi connectivity index (χ0v) is 7.51. The van der Waals surface area contributed by atoms with E-state index in [2.05, 4.69) is 10.2 Å². The summed E-state index contributed by atoms with van der Waals surface area (Å²) in [5.41, 5.74) is 5.40. The first-order chi connectivity index (χ1) is 5.86. The summed E-state index contributed by atoms with van der Waals surface area (Å²) in [6, 6.07) is 0. The monoisotopic (exact) mass is 185 g/mol. The summed E-state index contributed by atoms with van der Waals surface area (Å²) in [7, 11) is 0. The minimum absolute atomic E-state index is 0.385. The molecule has 0 spiro atoms. The lowest BCUT2D eigenvalue weighted by Crippen LogP contribution is -1.93. The SMILES string of the molecule is NCc1ncc(CCCN=O)s1. The molecule has 0 atom stereocenters. The maximum Gasteiger partial charge on any atom is 0.106 e. The van der Waals surface area contributed by atoms with Crippen LogP contribution in [0, 0.1) is 4.91 Å². The molecule has 0 unspecified atom stereocenters. The van der Waals surface area contributed by atoms with Crippen LogP contribution in [0.5, 0.6) is 0 Å². The van der Waals surface area contributed by atoms with Crippen molar-refractivity contribution in [3.63, 3.8) is 0 Å². The first-order valence-corrected chi connectivity index (χ1v) is 4.61. The summed E-state index contributed by atoms with van der Waals surface area (Å²) >= 11 is 1.60. The van der Waals surface area contributed by atoms with Crippen LogP contribution in [0.2, 0.25) is 0 Å². The molecule has 12 heavy (non-hydrogen) atoms. The van der Waals surface area contributed by atoms with E-state index in [9.17, 15) is 4.91 Å². The van der Waals surface area contributed by atoms with Gasteiger partial charge in [-0.25, -0.2) is 4.98 Å². The molecule has 0 amide bonds. The Morgan fingerprint density at radius 1 is 1.67 bits per heavy atom. The quantitative estimate of drug-likeness (QED) is 0.555. The lowest BCUT2D eigenvalue weighted by Gasteiger charge is -1.89. The Morgan fingerprint density at radius 3 is 3.08 bits per heavy atom. The number of nitrogens with two attached hydrogens (primary N) is 1. The minimum Gasteiger partial charge on any atom is -0.325 e. The molecule has 0 aliphatic heterocycles. The topological polar surface area (TPSA) is 68.3 Å². The molecule has 0 aliphatic rings. The summed E-state index contributed by atoms with van der Waals surface area (Å²) in [5.74, 6) is 0. The lowest BCUT2D eigenvalue weighted by molar-refractivity contribution is 0.837. The van der Waals surface area contributed by atoms with Gasteiger partial charge in [0.25, 0.3) is 0 Å². The van der Waals surface area contributed by atoms with Gasteiger partial charge in [0, 0.05) is 17.6 Å². The van der Waals surface area contributed by atoms with E-state index in [4.69, 9.17) is 5.73 Å². The number of hydrogen-bond donors (Lipinski definition) is 1. The number of nitroso groups, excluding NO2 is 1. The largest absolute Gasteiger partial charge is 0.325 e. The molecule has 0 fully saturated rings. The van der Waals surface area contributed by atoms with Gasteiger partial charge in [-0.15, -0.1) is 11.3 Å². The second-order valence-corrected chi connectivity index (χ2v) is 3.58. The van der Waals surface area contributed by atoms with Crippen LogP contribution in [0.15, 0.2) is 11.4 Å². The number of aromatic nitrogens is 1. The van der Waals surface area contributed by atoms with Gasteiger partial charge in [0.15, 0.2) is 0 Å². The van der Waals surface area contributed by atoms with Crippen molar-refractivity contribution in [1.29, 1.82) is 0 Å². The lowest BCUT2D eigenvalue weighted by atomic mass is 10.3. The van der Waals surface area contributed by atoms with Gasteiger partial charge in [-0.3, -0.25) is 0 Å². The smallest absolute Gasteiger partial charge is 0.106 e. The van der Waals surface area contributed by atoms with E-state index in [0.29, 0.717) is 13.1 Å². The fraction of sp³-hybridized carbons (Fsp3) is 0.571. The maximum atomic E-state index is 9.77. The van der Waals surface area contributed by atoms with Gasteiger partial charge in [-0.1, -0.05) is 5.18 Å². The third kappa shape index (κ3) is 2.67. The zero-order valence-electron chi connectivity index (χ0n) is 6.69. The average molecular weight is 185 g/mol. The van der Waals surface area contributed by atoms with E-state index in [1.54, 1.807) is 11.3 Å². The molecule has 2 N–H and O–H groups in total. The third-order valence-electron chi connectivity index (χ3n) is 1.45. The van der Waals surface area contributed by atoms with Crippen LogP contribution >= 0.6 is 11.3 Å². The molecule has 4 nitrogen and oxygen atoms in total. The molecule has 1 aromatic heterocycles. The van der Waals surface area contributed by atoms with E-state index < -0.39 is 0 Å². The average Bonchev–Trinajstić information content (AvgIpc) is 2.53. The van der Waals surface area contributed by atoms with Gasteiger partial charge in [0.1, 0.15) is 5.01 Å². The molecule has 5 heteroatoms. The Morgan fingerprint density at radius 2 is 2.50 bits per heavy atom. The Kier molecular flexibility index (Phi) is 3.83. The van der Waals surface area contributed by atoms with Gasteiger partial charge in [-0.05, 0) is 12.8 Å². The van der Waals surface area contributed by atoms with E-state index >= 15 is 0 Å². The fourth-order valence-electron chi connectivity index (χ4n) is 0.876. The van der Waals surface area contributed by atoms with Crippen molar-refractivity contribution in [3.8, 4) is 0 Å². The molecule has 1 aromatic rings. The molecule has 0 saturated heterocycles. The first-order valence-electron chi connectivity index (χ1n) is 3.79. The Hall–Kier alpha value is -0.810. The summed E-state index contributed by atoms with van der Waals surface area (Å²) < 4.78 is 0. The van der Waals surface area contributed by atoms with Crippen molar-refractivity contribution in [1.82, 2.24) is 4.98 Å². The summed E-state index contributed by atoms with van der Waals surface area (Å²) in [5, 5.41) is 3.74.